The summed E-state index contributed by atoms with van der Waals surface area (Å²) in [7, 11) is 0. The first-order chi connectivity index (χ1) is 8.61. The number of piperidine rings is 1. The van der Waals surface area contributed by atoms with Crippen LogP contribution in [0.25, 0.3) is 0 Å². The Kier molecular flexibility index (Phi) is 2.91. The molecule has 0 aromatic heterocycles. The molecule has 0 amide bonds. The number of fused-ring (bicyclic) bond motifs is 2. The van der Waals surface area contributed by atoms with E-state index in [1.807, 2.05) is 6.07 Å². The van der Waals surface area contributed by atoms with Crippen LogP contribution in [-0.2, 0) is 16.9 Å². The molecule has 1 aromatic carbocycles. The molecule has 3 heteroatoms. The minimum Gasteiger partial charge on any atom is -0.365 e. The number of hydrogen-bond acceptors (Lipinski definition) is 2. The molecule has 0 bridgehead atoms. The molecule has 2 aliphatic rings. The van der Waals surface area contributed by atoms with Gasteiger partial charge < -0.3 is 9.64 Å². The molecule has 0 radical (unpaired) electrons. The number of ether oxygens (including phenoxy) is 1. The summed E-state index contributed by atoms with van der Waals surface area (Å²) in [6, 6.07) is 5.70. The highest BCUT2D eigenvalue weighted by atomic mass is 19.1. The van der Waals surface area contributed by atoms with Crippen molar-refractivity contribution in [3.05, 3.63) is 35.1 Å². The Morgan fingerprint density at radius 2 is 2.00 bits per heavy atom. The molecule has 18 heavy (non-hydrogen) atoms. The Balaban J connectivity index is 1.84. The van der Waals surface area contributed by atoms with E-state index in [9.17, 15) is 4.39 Å². The maximum Gasteiger partial charge on any atom is 0.123 e. The average molecular weight is 249 g/mol. The number of hydrogen-bond donors (Lipinski definition) is 0. The van der Waals surface area contributed by atoms with Crippen LogP contribution in [0.1, 0.15) is 37.8 Å². The second kappa shape index (κ2) is 4.32. The molecule has 2 nitrogen and oxygen atoms in total. The molecule has 98 valence electrons. The van der Waals surface area contributed by atoms with Crippen molar-refractivity contribution in [3.8, 4) is 0 Å². The van der Waals surface area contributed by atoms with Crippen molar-refractivity contribution in [2.75, 3.05) is 13.1 Å². The maximum atomic E-state index is 13.2. The van der Waals surface area contributed by atoms with Crippen molar-refractivity contribution in [1.29, 1.82) is 0 Å². The Hall–Kier alpha value is -0.930. The average Bonchev–Trinajstić information content (AvgIpc) is 2.68. The van der Waals surface area contributed by atoms with Crippen LogP contribution >= 0.6 is 0 Å². The fourth-order valence-electron chi connectivity index (χ4n) is 3.24. The predicted octanol–water partition coefficient (Wildman–Crippen LogP) is 3.06. The third-order valence-electron chi connectivity index (χ3n) is 4.40. The summed E-state index contributed by atoms with van der Waals surface area (Å²) in [6.45, 7) is 7.16. The third-order valence-corrected chi connectivity index (χ3v) is 4.40. The molecule has 1 spiro atoms. The molecule has 0 N–H and O–H groups in total. The van der Waals surface area contributed by atoms with Gasteiger partial charge in [-0.05, 0) is 49.9 Å². The second-order valence-electron chi connectivity index (χ2n) is 5.71. The Morgan fingerprint density at radius 1 is 1.28 bits per heavy atom. The SMILES string of the molecule is CC(C)N1CCC2(CC1)OCc1cc(F)ccc12. The van der Waals surface area contributed by atoms with E-state index in [1.165, 1.54) is 5.56 Å². The lowest BCUT2D eigenvalue weighted by molar-refractivity contribution is -0.0825. The van der Waals surface area contributed by atoms with Gasteiger partial charge in [-0.1, -0.05) is 6.07 Å². The summed E-state index contributed by atoms with van der Waals surface area (Å²) in [5.74, 6) is -0.158. The van der Waals surface area contributed by atoms with E-state index in [2.05, 4.69) is 18.7 Å². The molecule has 1 saturated heterocycles. The Labute approximate surface area is 108 Å². The lowest BCUT2D eigenvalue weighted by atomic mass is 9.83. The van der Waals surface area contributed by atoms with E-state index in [4.69, 9.17) is 4.74 Å². The molecular formula is C15H20FNO. The van der Waals surface area contributed by atoms with Gasteiger partial charge in [0.25, 0.3) is 0 Å². The highest BCUT2D eigenvalue weighted by Gasteiger charge is 2.42. The molecule has 0 saturated carbocycles. The molecule has 0 aliphatic carbocycles. The molecule has 0 unspecified atom stereocenters. The quantitative estimate of drug-likeness (QED) is 0.758. The molecular weight excluding hydrogens is 229 g/mol. The molecule has 2 aliphatic heterocycles. The second-order valence-corrected chi connectivity index (χ2v) is 5.71. The summed E-state index contributed by atoms with van der Waals surface area (Å²) >= 11 is 0. The summed E-state index contributed by atoms with van der Waals surface area (Å²) in [6.07, 6.45) is 2.04. The van der Waals surface area contributed by atoms with Crippen LogP contribution < -0.4 is 0 Å². The van der Waals surface area contributed by atoms with Crippen molar-refractivity contribution in [2.45, 2.75) is 44.9 Å². The Bertz CT molecular complexity index is 450. The fourth-order valence-corrected chi connectivity index (χ4v) is 3.24. The van der Waals surface area contributed by atoms with Crippen molar-refractivity contribution < 1.29 is 9.13 Å². The van der Waals surface area contributed by atoms with E-state index < -0.39 is 0 Å². The van der Waals surface area contributed by atoms with Gasteiger partial charge in [0.2, 0.25) is 0 Å². The number of halogens is 1. The van der Waals surface area contributed by atoms with Gasteiger partial charge in [-0.15, -0.1) is 0 Å². The van der Waals surface area contributed by atoms with Gasteiger partial charge in [-0.3, -0.25) is 0 Å². The van der Waals surface area contributed by atoms with Crippen LogP contribution in [0.5, 0.6) is 0 Å². The van der Waals surface area contributed by atoms with E-state index in [0.29, 0.717) is 12.6 Å². The van der Waals surface area contributed by atoms with Crippen LogP contribution in [-0.4, -0.2) is 24.0 Å². The Morgan fingerprint density at radius 3 is 2.67 bits per heavy atom. The zero-order valence-electron chi connectivity index (χ0n) is 11.1. The van der Waals surface area contributed by atoms with Crippen molar-refractivity contribution >= 4 is 0 Å². The van der Waals surface area contributed by atoms with Gasteiger partial charge in [0.1, 0.15) is 5.82 Å². The fraction of sp³-hybridized carbons (Fsp3) is 0.600. The lowest BCUT2D eigenvalue weighted by Crippen LogP contribution is -2.45. The standard InChI is InChI=1S/C15H20FNO/c1-11(2)17-7-5-15(6-8-17)14-4-3-13(16)9-12(14)10-18-15/h3-4,9,11H,5-8,10H2,1-2H3. The van der Waals surface area contributed by atoms with Crippen LogP contribution in [0.2, 0.25) is 0 Å². The van der Waals surface area contributed by atoms with Gasteiger partial charge in [0.05, 0.1) is 12.2 Å². The van der Waals surface area contributed by atoms with E-state index in [1.54, 1.807) is 12.1 Å². The molecule has 1 aromatic rings. The first-order valence-electron chi connectivity index (χ1n) is 6.78. The van der Waals surface area contributed by atoms with Crippen molar-refractivity contribution in [2.24, 2.45) is 0 Å². The molecule has 2 heterocycles. The zero-order chi connectivity index (χ0) is 12.8. The predicted molar refractivity (Wildman–Crippen MR) is 68.8 cm³/mol. The summed E-state index contributed by atoms with van der Waals surface area (Å²) in [4.78, 5) is 2.48. The normalized spacial score (nSPS) is 22.7. The topological polar surface area (TPSA) is 12.5 Å². The van der Waals surface area contributed by atoms with Crippen molar-refractivity contribution in [3.63, 3.8) is 0 Å². The molecule has 3 rings (SSSR count). The largest absolute Gasteiger partial charge is 0.365 e. The van der Waals surface area contributed by atoms with Crippen LogP contribution in [0.3, 0.4) is 0 Å². The minimum absolute atomic E-state index is 0.144. The highest BCUT2D eigenvalue weighted by Crippen LogP contribution is 2.44. The highest BCUT2D eigenvalue weighted by molar-refractivity contribution is 5.36. The van der Waals surface area contributed by atoms with Crippen LogP contribution in [0.15, 0.2) is 18.2 Å². The minimum atomic E-state index is -0.158. The van der Waals surface area contributed by atoms with Gasteiger partial charge in [-0.2, -0.15) is 0 Å². The lowest BCUT2D eigenvalue weighted by Gasteiger charge is -2.41. The van der Waals surface area contributed by atoms with E-state index in [0.717, 1.165) is 31.5 Å². The van der Waals surface area contributed by atoms with E-state index in [-0.39, 0.29) is 11.4 Å². The monoisotopic (exact) mass is 249 g/mol. The summed E-state index contributed by atoms with van der Waals surface area (Å²) in [5.41, 5.74) is 2.11. The first kappa shape index (κ1) is 12.1. The summed E-state index contributed by atoms with van der Waals surface area (Å²) < 4.78 is 19.3. The van der Waals surface area contributed by atoms with Crippen LogP contribution in [0, 0.1) is 5.82 Å². The van der Waals surface area contributed by atoms with Gasteiger partial charge in [0, 0.05) is 19.1 Å². The smallest absolute Gasteiger partial charge is 0.123 e. The summed E-state index contributed by atoms with van der Waals surface area (Å²) in [5, 5.41) is 0. The van der Waals surface area contributed by atoms with Crippen LogP contribution in [0.4, 0.5) is 4.39 Å². The molecule has 0 atom stereocenters. The number of benzene rings is 1. The first-order valence-corrected chi connectivity index (χ1v) is 6.78. The van der Waals surface area contributed by atoms with Gasteiger partial charge in [0.15, 0.2) is 0 Å². The third kappa shape index (κ3) is 1.86. The van der Waals surface area contributed by atoms with Gasteiger partial charge >= 0.3 is 0 Å². The number of rotatable bonds is 1. The maximum absolute atomic E-state index is 13.2. The number of likely N-dealkylation sites (tertiary alicyclic amines) is 1. The van der Waals surface area contributed by atoms with Crippen molar-refractivity contribution in [1.82, 2.24) is 4.90 Å². The van der Waals surface area contributed by atoms with E-state index >= 15 is 0 Å². The molecule has 1 fully saturated rings. The zero-order valence-corrected chi connectivity index (χ0v) is 11.1. The number of nitrogens with zero attached hydrogens (tertiary/aromatic N) is 1. The van der Waals surface area contributed by atoms with Gasteiger partial charge in [-0.25, -0.2) is 4.39 Å².